The number of nitrogens with zero attached hydrogens (tertiary/aromatic N) is 4. The van der Waals surface area contributed by atoms with Crippen LogP contribution in [0.3, 0.4) is 0 Å². The lowest BCUT2D eigenvalue weighted by Crippen LogP contribution is -2.19. The molecule has 2 aromatic carbocycles. The maximum absolute atomic E-state index is 12.3. The predicted octanol–water partition coefficient (Wildman–Crippen LogP) is 4.56. The summed E-state index contributed by atoms with van der Waals surface area (Å²) in [4.78, 5) is 13.2. The number of hydrogen-bond acceptors (Lipinski definition) is 7. The quantitative estimate of drug-likeness (QED) is 0.235. The zero-order valence-corrected chi connectivity index (χ0v) is 19.2. The fraction of sp³-hybridized carbons (Fsp3) is 0.130. The molecular formula is C23H21N5O2S2. The topological polar surface area (TPSA) is 81.4 Å². The number of aromatic nitrogens is 3. The molecule has 32 heavy (non-hydrogen) atoms. The standard InChI is InChI=1S/C23H21N5O2S2/c1-16-5-7-17(8-6-16)22-26-27-23(28(22)18-9-11-19(30-2)12-10-18)32-15-21(29)25-24-14-20-4-3-13-31-20/h3-14H,15H2,1-2H3,(H,25,29)/b24-14+. The van der Waals surface area contributed by atoms with Gasteiger partial charge in [0.25, 0.3) is 5.91 Å². The average Bonchev–Trinajstić information content (AvgIpc) is 3.48. The van der Waals surface area contributed by atoms with Crippen LogP contribution < -0.4 is 10.2 Å². The van der Waals surface area contributed by atoms with Crippen LogP contribution in [0.15, 0.2) is 76.3 Å². The summed E-state index contributed by atoms with van der Waals surface area (Å²) in [5, 5.41) is 15.3. The molecule has 4 aromatic rings. The first-order valence-corrected chi connectivity index (χ1v) is 11.7. The molecule has 4 rings (SSSR count). The van der Waals surface area contributed by atoms with Crippen LogP contribution in [0.25, 0.3) is 17.1 Å². The maximum Gasteiger partial charge on any atom is 0.250 e. The Bertz CT molecular complexity index is 1200. The Kier molecular flexibility index (Phi) is 6.98. The number of thiophene rings is 1. The molecule has 0 bridgehead atoms. The van der Waals surface area contributed by atoms with E-state index in [1.165, 1.54) is 17.3 Å². The smallest absolute Gasteiger partial charge is 0.250 e. The van der Waals surface area contributed by atoms with E-state index in [4.69, 9.17) is 4.74 Å². The van der Waals surface area contributed by atoms with Crippen LogP contribution in [-0.4, -0.2) is 39.7 Å². The van der Waals surface area contributed by atoms with E-state index in [-0.39, 0.29) is 11.7 Å². The number of hydrazone groups is 1. The van der Waals surface area contributed by atoms with Crippen molar-refractivity contribution in [1.29, 1.82) is 0 Å². The van der Waals surface area contributed by atoms with Crippen LogP contribution in [0.1, 0.15) is 10.4 Å². The van der Waals surface area contributed by atoms with Gasteiger partial charge in [0, 0.05) is 16.1 Å². The van der Waals surface area contributed by atoms with Gasteiger partial charge in [0.2, 0.25) is 0 Å². The fourth-order valence-electron chi connectivity index (χ4n) is 2.91. The van der Waals surface area contributed by atoms with E-state index in [9.17, 15) is 4.79 Å². The highest BCUT2D eigenvalue weighted by Crippen LogP contribution is 2.29. The molecule has 0 radical (unpaired) electrons. The Labute approximate surface area is 194 Å². The molecule has 9 heteroatoms. The number of thioether (sulfide) groups is 1. The number of rotatable bonds is 8. The highest BCUT2D eigenvalue weighted by molar-refractivity contribution is 7.99. The number of aryl methyl sites for hydroxylation is 1. The molecule has 1 N–H and O–H groups in total. The normalized spacial score (nSPS) is 11.1. The van der Waals surface area contributed by atoms with Crippen molar-refractivity contribution in [1.82, 2.24) is 20.2 Å². The lowest BCUT2D eigenvalue weighted by atomic mass is 10.1. The fourth-order valence-corrected chi connectivity index (χ4v) is 4.24. The van der Waals surface area contributed by atoms with Crippen molar-refractivity contribution in [2.75, 3.05) is 12.9 Å². The van der Waals surface area contributed by atoms with Crippen LogP contribution in [0.4, 0.5) is 0 Å². The number of carbonyl (C=O) groups excluding carboxylic acids is 1. The first-order chi connectivity index (χ1) is 15.6. The molecular weight excluding hydrogens is 442 g/mol. The van der Waals surface area contributed by atoms with Crippen LogP contribution in [0, 0.1) is 6.92 Å². The van der Waals surface area contributed by atoms with E-state index in [0.717, 1.165) is 21.9 Å². The molecule has 0 aliphatic carbocycles. The minimum absolute atomic E-state index is 0.157. The molecule has 2 heterocycles. The summed E-state index contributed by atoms with van der Waals surface area (Å²) in [6, 6.07) is 19.6. The first kappa shape index (κ1) is 21.8. The summed E-state index contributed by atoms with van der Waals surface area (Å²) in [6.07, 6.45) is 1.63. The molecule has 0 atom stereocenters. The van der Waals surface area contributed by atoms with Gasteiger partial charge in [-0.15, -0.1) is 21.5 Å². The second-order valence-electron chi connectivity index (χ2n) is 6.80. The second-order valence-corrected chi connectivity index (χ2v) is 8.72. The largest absolute Gasteiger partial charge is 0.497 e. The van der Waals surface area contributed by atoms with Crippen molar-refractivity contribution >= 4 is 35.2 Å². The number of methoxy groups -OCH3 is 1. The summed E-state index contributed by atoms with van der Waals surface area (Å²) in [7, 11) is 1.63. The van der Waals surface area contributed by atoms with Crippen molar-refractivity contribution < 1.29 is 9.53 Å². The SMILES string of the molecule is COc1ccc(-n2c(SCC(=O)N/N=C/c3cccs3)nnc2-c2ccc(C)cc2)cc1. The number of carbonyl (C=O) groups is 1. The Balaban J connectivity index is 1.55. The van der Waals surface area contributed by atoms with Gasteiger partial charge in [0.05, 0.1) is 19.1 Å². The van der Waals surface area contributed by atoms with Crippen LogP contribution in [0.2, 0.25) is 0 Å². The van der Waals surface area contributed by atoms with Gasteiger partial charge < -0.3 is 4.74 Å². The van der Waals surface area contributed by atoms with Gasteiger partial charge in [-0.2, -0.15) is 5.10 Å². The van der Waals surface area contributed by atoms with E-state index in [1.54, 1.807) is 24.7 Å². The Morgan fingerprint density at radius 2 is 1.94 bits per heavy atom. The lowest BCUT2D eigenvalue weighted by molar-refractivity contribution is -0.118. The highest BCUT2D eigenvalue weighted by atomic mass is 32.2. The summed E-state index contributed by atoms with van der Waals surface area (Å²) in [6.45, 7) is 2.04. The molecule has 0 spiro atoms. The second kappa shape index (κ2) is 10.3. The van der Waals surface area contributed by atoms with Gasteiger partial charge in [0.15, 0.2) is 11.0 Å². The van der Waals surface area contributed by atoms with Crippen LogP contribution >= 0.6 is 23.1 Å². The lowest BCUT2D eigenvalue weighted by Gasteiger charge is -2.11. The third-order valence-corrected chi connectivity index (χ3v) is 6.27. The molecule has 0 aliphatic heterocycles. The Hall–Kier alpha value is -3.43. The Morgan fingerprint density at radius 3 is 2.62 bits per heavy atom. The van der Waals surface area contributed by atoms with E-state index in [0.29, 0.717) is 11.0 Å². The van der Waals surface area contributed by atoms with Crippen LogP contribution in [-0.2, 0) is 4.79 Å². The molecule has 0 saturated carbocycles. The van der Waals surface area contributed by atoms with E-state index in [1.807, 2.05) is 77.5 Å². The zero-order chi connectivity index (χ0) is 22.3. The minimum atomic E-state index is -0.219. The van der Waals surface area contributed by atoms with Gasteiger partial charge in [0.1, 0.15) is 5.75 Å². The van der Waals surface area contributed by atoms with Gasteiger partial charge in [-0.05, 0) is 42.6 Å². The van der Waals surface area contributed by atoms with Crippen molar-refractivity contribution in [3.8, 4) is 22.8 Å². The summed E-state index contributed by atoms with van der Waals surface area (Å²) in [5.41, 5.74) is 5.54. The van der Waals surface area contributed by atoms with E-state index in [2.05, 4.69) is 20.7 Å². The number of benzene rings is 2. The van der Waals surface area contributed by atoms with Gasteiger partial charge >= 0.3 is 0 Å². The van der Waals surface area contributed by atoms with Gasteiger partial charge in [-0.3, -0.25) is 9.36 Å². The monoisotopic (exact) mass is 463 g/mol. The zero-order valence-electron chi connectivity index (χ0n) is 17.6. The summed E-state index contributed by atoms with van der Waals surface area (Å²) in [5.74, 6) is 1.40. The number of amides is 1. The molecule has 0 saturated heterocycles. The van der Waals surface area contributed by atoms with Gasteiger partial charge in [-0.1, -0.05) is 47.7 Å². The molecule has 1 amide bonds. The molecule has 0 fully saturated rings. The summed E-state index contributed by atoms with van der Waals surface area (Å²) >= 11 is 2.85. The van der Waals surface area contributed by atoms with Crippen LogP contribution in [0.5, 0.6) is 5.75 Å². The number of hydrogen-bond donors (Lipinski definition) is 1. The third kappa shape index (κ3) is 5.24. The maximum atomic E-state index is 12.3. The number of ether oxygens (including phenoxy) is 1. The van der Waals surface area contributed by atoms with Crippen molar-refractivity contribution in [3.05, 3.63) is 76.5 Å². The van der Waals surface area contributed by atoms with Crippen molar-refractivity contribution in [2.24, 2.45) is 5.10 Å². The third-order valence-electron chi connectivity index (χ3n) is 4.53. The predicted molar refractivity (Wildman–Crippen MR) is 129 cm³/mol. The molecule has 0 aliphatic rings. The summed E-state index contributed by atoms with van der Waals surface area (Å²) < 4.78 is 7.22. The van der Waals surface area contributed by atoms with Crippen molar-refractivity contribution in [2.45, 2.75) is 12.1 Å². The first-order valence-electron chi connectivity index (χ1n) is 9.79. The molecule has 0 unspecified atom stereocenters. The Morgan fingerprint density at radius 1 is 1.16 bits per heavy atom. The average molecular weight is 464 g/mol. The van der Waals surface area contributed by atoms with E-state index >= 15 is 0 Å². The van der Waals surface area contributed by atoms with Crippen molar-refractivity contribution in [3.63, 3.8) is 0 Å². The molecule has 2 aromatic heterocycles. The number of nitrogens with one attached hydrogen (secondary N) is 1. The van der Waals surface area contributed by atoms with E-state index < -0.39 is 0 Å². The minimum Gasteiger partial charge on any atom is -0.497 e. The highest BCUT2D eigenvalue weighted by Gasteiger charge is 2.17. The molecule has 162 valence electrons. The van der Waals surface area contributed by atoms with Gasteiger partial charge in [-0.25, -0.2) is 5.43 Å². The molecule has 7 nitrogen and oxygen atoms in total.